The molecule has 1 unspecified atom stereocenters. The third-order valence-corrected chi connectivity index (χ3v) is 2.66. The zero-order valence-electron chi connectivity index (χ0n) is 10.8. The summed E-state index contributed by atoms with van der Waals surface area (Å²) in [6.45, 7) is 5.75. The van der Waals surface area contributed by atoms with Gasteiger partial charge in [0, 0.05) is 5.69 Å². The predicted molar refractivity (Wildman–Crippen MR) is 69.5 cm³/mol. The number of rotatable bonds is 4. The quantitative estimate of drug-likeness (QED) is 0.752. The molecule has 0 heterocycles. The van der Waals surface area contributed by atoms with E-state index in [0.717, 1.165) is 16.7 Å². The smallest absolute Gasteiger partial charge is 0.305 e. The number of nitrogens with one attached hydrogen (secondary N) is 1. The summed E-state index contributed by atoms with van der Waals surface area (Å²) in [4.78, 5) is 22.2. The normalized spacial score (nSPS) is 12.0. The average molecular weight is 250 g/mol. The van der Waals surface area contributed by atoms with E-state index in [4.69, 9.17) is 10.8 Å². The van der Waals surface area contributed by atoms with E-state index in [1.807, 2.05) is 32.9 Å². The average Bonchev–Trinajstić information content (AvgIpc) is 2.21. The van der Waals surface area contributed by atoms with Crippen LogP contribution in [-0.4, -0.2) is 23.0 Å². The molecule has 5 heteroatoms. The number of aryl methyl sites for hydroxylation is 3. The van der Waals surface area contributed by atoms with Gasteiger partial charge in [0.15, 0.2) is 0 Å². The molecule has 0 spiro atoms. The molecule has 0 aromatic heterocycles. The number of carbonyl (C=O) groups excluding carboxylic acids is 1. The van der Waals surface area contributed by atoms with Gasteiger partial charge in [0.25, 0.3) is 0 Å². The Hall–Kier alpha value is -1.88. The van der Waals surface area contributed by atoms with Crippen LogP contribution in [0.15, 0.2) is 12.1 Å². The molecule has 0 bridgehead atoms. The molecule has 98 valence electrons. The molecule has 1 atom stereocenters. The summed E-state index contributed by atoms with van der Waals surface area (Å²) in [5.74, 6) is -1.57. The minimum absolute atomic E-state index is 0.379. The van der Waals surface area contributed by atoms with Crippen LogP contribution in [0.2, 0.25) is 0 Å². The van der Waals surface area contributed by atoms with E-state index >= 15 is 0 Å². The molecule has 18 heavy (non-hydrogen) atoms. The van der Waals surface area contributed by atoms with Crippen molar-refractivity contribution in [3.8, 4) is 0 Å². The zero-order valence-corrected chi connectivity index (χ0v) is 10.8. The van der Waals surface area contributed by atoms with Gasteiger partial charge in [-0.3, -0.25) is 9.59 Å². The van der Waals surface area contributed by atoms with Crippen LogP contribution in [-0.2, 0) is 9.59 Å². The van der Waals surface area contributed by atoms with Gasteiger partial charge in [0.05, 0.1) is 12.5 Å². The number of carboxylic acid groups (broad SMARTS) is 1. The molecule has 0 aliphatic heterocycles. The van der Waals surface area contributed by atoms with E-state index < -0.39 is 17.9 Å². The molecule has 1 amide bonds. The number of carbonyl (C=O) groups is 2. The summed E-state index contributed by atoms with van der Waals surface area (Å²) in [6.07, 6.45) is -0.379. The Bertz CT molecular complexity index is 460. The van der Waals surface area contributed by atoms with Crippen molar-refractivity contribution in [1.29, 1.82) is 0 Å². The number of nitrogens with two attached hydrogens (primary N) is 1. The van der Waals surface area contributed by atoms with E-state index in [-0.39, 0.29) is 6.42 Å². The SMILES string of the molecule is Cc1cc(C)c(NC(=O)C(N)CC(=O)O)c(C)c1. The zero-order chi connectivity index (χ0) is 13.9. The van der Waals surface area contributed by atoms with Crippen LogP contribution < -0.4 is 11.1 Å². The standard InChI is InChI=1S/C13H18N2O3/c1-7-4-8(2)12(9(3)5-7)15-13(18)10(14)6-11(16)17/h4-5,10H,6,14H2,1-3H3,(H,15,18)(H,16,17). The second-order valence-corrected chi connectivity index (χ2v) is 4.47. The largest absolute Gasteiger partial charge is 0.481 e. The second kappa shape index (κ2) is 5.64. The van der Waals surface area contributed by atoms with Crippen molar-refractivity contribution in [3.05, 3.63) is 28.8 Å². The first-order valence-electron chi connectivity index (χ1n) is 5.67. The van der Waals surface area contributed by atoms with Gasteiger partial charge in [0.1, 0.15) is 0 Å². The summed E-state index contributed by atoms with van der Waals surface area (Å²) in [6, 6.07) is 2.86. The van der Waals surface area contributed by atoms with Gasteiger partial charge in [-0.25, -0.2) is 0 Å². The molecule has 0 saturated heterocycles. The van der Waals surface area contributed by atoms with E-state index in [1.165, 1.54) is 0 Å². The van der Waals surface area contributed by atoms with Crippen molar-refractivity contribution in [3.63, 3.8) is 0 Å². The number of amides is 1. The number of hydrogen-bond acceptors (Lipinski definition) is 3. The molecule has 1 aromatic carbocycles. The fraction of sp³-hybridized carbons (Fsp3) is 0.385. The summed E-state index contributed by atoms with van der Waals surface area (Å²) in [7, 11) is 0. The van der Waals surface area contributed by atoms with Crippen molar-refractivity contribution in [2.24, 2.45) is 5.73 Å². The Labute approximate surface area is 106 Å². The van der Waals surface area contributed by atoms with Crippen LogP contribution in [0.4, 0.5) is 5.69 Å². The van der Waals surface area contributed by atoms with Crippen LogP contribution in [0.3, 0.4) is 0 Å². The van der Waals surface area contributed by atoms with Crippen LogP contribution in [0.25, 0.3) is 0 Å². The lowest BCUT2D eigenvalue weighted by molar-refractivity contribution is -0.138. The number of aliphatic carboxylic acids is 1. The number of hydrogen-bond donors (Lipinski definition) is 3. The monoisotopic (exact) mass is 250 g/mol. The Morgan fingerprint density at radius 2 is 1.78 bits per heavy atom. The number of carboxylic acids is 1. The predicted octanol–water partition coefficient (Wildman–Crippen LogP) is 1.35. The molecule has 0 aliphatic carbocycles. The summed E-state index contributed by atoms with van der Waals surface area (Å²) < 4.78 is 0. The van der Waals surface area contributed by atoms with Crippen molar-refractivity contribution in [1.82, 2.24) is 0 Å². The van der Waals surface area contributed by atoms with E-state index in [0.29, 0.717) is 5.69 Å². The Morgan fingerprint density at radius 1 is 1.28 bits per heavy atom. The lowest BCUT2D eigenvalue weighted by Gasteiger charge is -2.15. The van der Waals surface area contributed by atoms with Crippen molar-refractivity contribution in [2.75, 3.05) is 5.32 Å². The number of anilines is 1. The lowest BCUT2D eigenvalue weighted by atomic mass is 10.0. The summed E-state index contributed by atoms with van der Waals surface area (Å²) in [5.41, 5.74) is 9.18. The van der Waals surface area contributed by atoms with Crippen molar-refractivity contribution >= 4 is 17.6 Å². The lowest BCUT2D eigenvalue weighted by Crippen LogP contribution is -2.37. The third kappa shape index (κ3) is 3.56. The third-order valence-electron chi connectivity index (χ3n) is 2.66. The van der Waals surface area contributed by atoms with Gasteiger partial charge in [-0.2, -0.15) is 0 Å². The Kier molecular flexibility index (Phi) is 4.44. The molecular formula is C13H18N2O3. The molecule has 0 saturated carbocycles. The molecule has 4 N–H and O–H groups in total. The van der Waals surface area contributed by atoms with Crippen LogP contribution in [0, 0.1) is 20.8 Å². The minimum Gasteiger partial charge on any atom is -0.481 e. The maximum Gasteiger partial charge on any atom is 0.305 e. The maximum absolute atomic E-state index is 11.7. The molecular weight excluding hydrogens is 232 g/mol. The van der Waals surface area contributed by atoms with E-state index in [9.17, 15) is 9.59 Å². The van der Waals surface area contributed by atoms with Gasteiger partial charge >= 0.3 is 5.97 Å². The van der Waals surface area contributed by atoms with Crippen LogP contribution >= 0.6 is 0 Å². The maximum atomic E-state index is 11.7. The fourth-order valence-corrected chi connectivity index (χ4v) is 1.87. The van der Waals surface area contributed by atoms with Gasteiger partial charge in [-0.1, -0.05) is 17.7 Å². The molecule has 0 fully saturated rings. The summed E-state index contributed by atoms with van der Waals surface area (Å²) in [5, 5.41) is 11.3. The minimum atomic E-state index is -1.09. The highest BCUT2D eigenvalue weighted by molar-refractivity contribution is 5.97. The van der Waals surface area contributed by atoms with Crippen molar-refractivity contribution in [2.45, 2.75) is 33.2 Å². The first-order chi connectivity index (χ1) is 8.31. The van der Waals surface area contributed by atoms with Crippen LogP contribution in [0.1, 0.15) is 23.1 Å². The van der Waals surface area contributed by atoms with Crippen LogP contribution in [0.5, 0.6) is 0 Å². The highest BCUT2D eigenvalue weighted by Gasteiger charge is 2.18. The molecule has 0 radical (unpaired) electrons. The Balaban J connectivity index is 2.85. The van der Waals surface area contributed by atoms with Gasteiger partial charge in [0.2, 0.25) is 5.91 Å². The molecule has 1 aromatic rings. The van der Waals surface area contributed by atoms with E-state index in [2.05, 4.69) is 5.32 Å². The second-order valence-electron chi connectivity index (χ2n) is 4.47. The summed E-state index contributed by atoms with van der Waals surface area (Å²) >= 11 is 0. The number of benzene rings is 1. The fourth-order valence-electron chi connectivity index (χ4n) is 1.87. The first-order valence-corrected chi connectivity index (χ1v) is 5.67. The van der Waals surface area contributed by atoms with Gasteiger partial charge in [-0.05, 0) is 31.9 Å². The highest BCUT2D eigenvalue weighted by Crippen LogP contribution is 2.22. The van der Waals surface area contributed by atoms with E-state index in [1.54, 1.807) is 0 Å². The molecule has 1 rings (SSSR count). The Morgan fingerprint density at radius 3 is 2.22 bits per heavy atom. The molecule has 0 aliphatic rings. The topological polar surface area (TPSA) is 92.4 Å². The van der Waals surface area contributed by atoms with Gasteiger partial charge in [-0.15, -0.1) is 0 Å². The van der Waals surface area contributed by atoms with Gasteiger partial charge < -0.3 is 16.2 Å². The highest BCUT2D eigenvalue weighted by atomic mass is 16.4. The van der Waals surface area contributed by atoms with Crippen molar-refractivity contribution < 1.29 is 14.7 Å². The molecule has 5 nitrogen and oxygen atoms in total. The first kappa shape index (κ1) is 14.2.